The second-order valence-electron chi connectivity index (χ2n) is 6.91. The first kappa shape index (κ1) is 19.9. The largest absolute Gasteiger partial charge is 0.349 e. The highest BCUT2D eigenvalue weighted by Crippen LogP contribution is 2.25. The molecule has 1 aliphatic rings. The number of benzene rings is 1. The van der Waals surface area contributed by atoms with E-state index in [0.717, 1.165) is 19.3 Å². The zero-order valence-electron chi connectivity index (χ0n) is 15.7. The maximum absolute atomic E-state index is 12.8. The molecule has 6 heteroatoms. The second-order valence-corrected chi connectivity index (χ2v) is 8.82. The van der Waals surface area contributed by atoms with E-state index < -0.39 is 10.0 Å². The summed E-state index contributed by atoms with van der Waals surface area (Å²) >= 11 is 0. The number of nitrogens with zero attached hydrogens (tertiary/aromatic N) is 1. The fourth-order valence-electron chi connectivity index (χ4n) is 3.50. The SMILES string of the molecule is CCN(CC)S(=O)(=O)c1cc(C(=O)N[C@H]2CCCC[C@@H]2C)ccc1C. The van der Waals surface area contributed by atoms with Crippen molar-refractivity contribution in [3.8, 4) is 0 Å². The van der Waals surface area contributed by atoms with Crippen molar-refractivity contribution in [3.63, 3.8) is 0 Å². The van der Waals surface area contributed by atoms with Crippen LogP contribution in [0.15, 0.2) is 23.1 Å². The zero-order valence-corrected chi connectivity index (χ0v) is 16.5. The number of hydrogen-bond acceptors (Lipinski definition) is 3. The van der Waals surface area contributed by atoms with Crippen LogP contribution in [0.3, 0.4) is 0 Å². The van der Waals surface area contributed by atoms with Gasteiger partial charge in [-0.05, 0) is 43.4 Å². The molecule has 1 fully saturated rings. The van der Waals surface area contributed by atoms with E-state index in [0.29, 0.717) is 30.1 Å². The van der Waals surface area contributed by atoms with Gasteiger partial charge in [0.1, 0.15) is 0 Å². The van der Waals surface area contributed by atoms with Crippen molar-refractivity contribution in [2.75, 3.05) is 13.1 Å². The summed E-state index contributed by atoms with van der Waals surface area (Å²) in [6.07, 6.45) is 4.46. The van der Waals surface area contributed by atoms with Crippen LogP contribution in [-0.4, -0.2) is 37.8 Å². The van der Waals surface area contributed by atoms with Gasteiger partial charge < -0.3 is 5.32 Å². The van der Waals surface area contributed by atoms with Crippen LogP contribution in [0.5, 0.6) is 0 Å². The number of amides is 1. The van der Waals surface area contributed by atoms with E-state index in [1.165, 1.54) is 16.8 Å². The van der Waals surface area contributed by atoms with Crippen molar-refractivity contribution in [3.05, 3.63) is 29.3 Å². The van der Waals surface area contributed by atoms with Gasteiger partial charge in [0.05, 0.1) is 4.90 Å². The lowest BCUT2D eigenvalue weighted by Crippen LogP contribution is -2.41. The van der Waals surface area contributed by atoms with E-state index in [9.17, 15) is 13.2 Å². The Labute approximate surface area is 151 Å². The lowest BCUT2D eigenvalue weighted by Gasteiger charge is -2.29. The van der Waals surface area contributed by atoms with Gasteiger partial charge in [-0.25, -0.2) is 8.42 Å². The van der Waals surface area contributed by atoms with E-state index in [1.807, 2.05) is 13.8 Å². The highest BCUT2D eigenvalue weighted by Gasteiger charge is 2.26. The lowest BCUT2D eigenvalue weighted by atomic mass is 9.86. The van der Waals surface area contributed by atoms with Crippen LogP contribution < -0.4 is 5.32 Å². The fourth-order valence-corrected chi connectivity index (χ4v) is 5.21. The predicted molar refractivity (Wildman–Crippen MR) is 100 cm³/mol. The van der Waals surface area contributed by atoms with Crippen LogP contribution >= 0.6 is 0 Å². The topological polar surface area (TPSA) is 66.5 Å². The predicted octanol–water partition coefficient (Wildman–Crippen LogP) is 3.33. The molecule has 0 aromatic heterocycles. The monoisotopic (exact) mass is 366 g/mol. The first-order valence-electron chi connectivity index (χ1n) is 9.22. The van der Waals surface area contributed by atoms with Crippen molar-refractivity contribution in [1.29, 1.82) is 0 Å². The summed E-state index contributed by atoms with van der Waals surface area (Å²) < 4.78 is 27.1. The quantitative estimate of drug-likeness (QED) is 0.840. The van der Waals surface area contributed by atoms with Crippen LogP contribution in [-0.2, 0) is 10.0 Å². The molecule has 0 saturated heterocycles. The van der Waals surface area contributed by atoms with Crippen molar-refractivity contribution < 1.29 is 13.2 Å². The van der Waals surface area contributed by atoms with Crippen LogP contribution in [0.2, 0.25) is 0 Å². The van der Waals surface area contributed by atoms with Crippen molar-refractivity contribution in [1.82, 2.24) is 9.62 Å². The summed E-state index contributed by atoms with van der Waals surface area (Å²) in [5, 5.41) is 3.09. The minimum atomic E-state index is -3.58. The Morgan fingerprint density at radius 3 is 2.44 bits per heavy atom. The molecule has 0 spiro atoms. The van der Waals surface area contributed by atoms with E-state index in [1.54, 1.807) is 19.1 Å². The Bertz CT molecular complexity index is 711. The second kappa shape index (κ2) is 8.32. The molecule has 1 saturated carbocycles. The molecule has 1 N–H and O–H groups in total. The molecule has 0 aliphatic heterocycles. The number of carbonyl (C=O) groups is 1. The third kappa shape index (κ3) is 4.42. The molecule has 140 valence electrons. The lowest BCUT2D eigenvalue weighted by molar-refractivity contribution is 0.0910. The molecule has 1 aromatic rings. The van der Waals surface area contributed by atoms with Gasteiger partial charge in [-0.15, -0.1) is 0 Å². The normalized spacial score (nSPS) is 21.3. The van der Waals surface area contributed by atoms with Gasteiger partial charge in [-0.1, -0.05) is 39.7 Å². The molecule has 2 atom stereocenters. The third-order valence-electron chi connectivity index (χ3n) is 5.20. The summed E-state index contributed by atoms with van der Waals surface area (Å²) in [4.78, 5) is 12.9. The zero-order chi connectivity index (χ0) is 18.6. The Balaban J connectivity index is 2.27. The molecule has 25 heavy (non-hydrogen) atoms. The maximum atomic E-state index is 12.8. The molecule has 0 bridgehead atoms. The molecule has 0 radical (unpaired) electrons. The Kier molecular flexibility index (Phi) is 6.63. The summed E-state index contributed by atoms with van der Waals surface area (Å²) in [6, 6.07) is 5.12. The molecule has 5 nitrogen and oxygen atoms in total. The van der Waals surface area contributed by atoms with Gasteiger partial charge >= 0.3 is 0 Å². The van der Waals surface area contributed by atoms with Gasteiger partial charge in [0.2, 0.25) is 10.0 Å². The summed E-state index contributed by atoms with van der Waals surface area (Å²) in [5.41, 5.74) is 1.07. The molecule has 0 heterocycles. The maximum Gasteiger partial charge on any atom is 0.251 e. The van der Waals surface area contributed by atoms with Gasteiger partial charge in [-0.3, -0.25) is 4.79 Å². The number of carbonyl (C=O) groups excluding carboxylic acids is 1. The molecule has 0 unspecified atom stereocenters. The Morgan fingerprint density at radius 1 is 1.20 bits per heavy atom. The molecular formula is C19H30N2O3S. The fraction of sp³-hybridized carbons (Fsp3) is 0.632. The van der Waals surface area contributed by atoms with Crippen LogP contribution in [0.25, 0.3) is 0 Å². The Morgan fingerprint density at radius 2 is 1.84 bits per heavy atom. The van der Waals surface area contributed by atoms with Gasteiger partial charge in [0.25, 0.3) is 5.91 Å². The van der Waals surface area contributed by atoms with E-state index in [-0.39, 0.29) is 16.8 Å². The van der Waals surface area contributed by atoms with Crippen LogP contribution in [0, 0.1) is 12.8 Å². The average molecular weight is 367 g/mol. The van der Waals surface area contributed by atoms with Crippen molar-refractivity contribution in [2.45, 2.75) is 64.3 Å². The minimum absolute atomic E-state index is 0.172. The highest BCUT2D eigenvalue weighted by molar-refractivity contribution is 7.89. The summed E-state index contributed by atoms with van der Waals surface area (Å²) in [7, 11) is -3.58. The van der Waals surface area contributed by atoms with Crippen molar-refractivity contribution in [2.24, 2.45) is 5.92 Å². The summed E-state index contributed by atoms with van der Waals surface area (Å²) in [6.45, 7) is 8.38. The molecule has 2 rings (SSSR count). The van der Waals surface area contributed by atoms with Crippen LogP contribution in [0.1, 0.15) is 62.4 Å². The number of nitrogens with one attached hydrogen (secondary N) is 1. The average Bonchev–Trinajstić information content (AvgIpc) is 2.58. The van der Waals surface area contributed by atoms with Gasteiger partial charge in [0, 0.05) is 24.7 Å². The standard InChI is InChI=1S/C19H30N2O3S/c1-5-21(6-2)25(23,24)18-13-16(12-11-15(18)4)19(22)20-17-10-8-7-9-14(17)3/h11-14,17H,5-10H2,1-4H3,(H,20,22)/t14-,17-/m0/s1. The number of aryl methyl sites for hydroxylation is 1. The molecule has 1 aliphatic carbocycles. The molecule has 1 amide bonds. The van der Waals surface area contributed by atoms with E-state index in [2.05, 4.69) is 12.2 Å². The van der Waals surface area contributed by atoms with Gasteiger partial charge in [0.15, 0.2) is 0 Å². The van der Waals surface area contributed by atoms with Crippen LogP contribution in [0.4, 0.5) is 0 Å². The molecular weight excluding hydrogens is 336 g/mol. The molecule has 1 aromatic carbocycles. The smallest absolute Gasteiger partial charge is 0.251 e. The number of hydrogen-bond donors (Lipinski definition) is 1. The Hall–Kier alpha value is -1.40. The third-order valence-corrected chi connectivity index (χ3v) is 7.39. The van der Waals surface area contributed by atoms with Gasteiger partial charge in [-0.2, -0.15) is 4.31 Å². The first-order chi connectivity index (χ1) is 11.8. The number of rotatable bonds is 6. The minimum Gasteiger partial charge on any atom is -0.349 e. The first-order valence-corrected chi connectivity index (χ1v) is 10.7. The van der Waals surface area contributed by atoms with E-state index >= 15 is 0 Å². The van der Waals surface area contributed by atoms with Crippen molar-refractivity contribution >= 4 is 15.9 Å². The van der Waals surface area contributed by atoms with E-state index in [4.69, 9.17) is 0 Å². The highest BCUT2D eigenvalue weighted by atomic mass is 32.2. The summed E-state index contributed by atoms with van der Waals surface area (Å²) in [5.74, 6) is 0.275. The number of sulfonamides is 1.